The number of rotatable bonds is 0. The lowest BCUT2D eigenvalue weighted by Gasteiger charge is -1.94. The maximum Gasteiger partial charge on any atom is 0.556 e. The van der Waals surface area contributed by atoms with E-state index in [9.17, 15) is 0 Å². The number of hydrogen-bond acceptors (Lipinski definition) is 1. The summed E-state index contributed by atoms with van der Waals surface area (Å²) in [5.74, 6) is 0. The van der Waals surface area contributed by atoms with Crippen LogP contribution in [0.3, 0.4) is 0 Å². The molecule has 1 aliphatic rings. The molecule has 40 valence electrons. The molecule has 0 aromatic carbocycles. The molecule has 4 heteroatoms. The molecule has 0 fully saturated rings. The smallest absolute Gasteiger partial charge is 0.321 e. The van der Waals surface area contributed by atoms with Crippen molar-refractivity contribution < 1.29 is 4.90 Å². The molecule has 0 saturated heterocycles. The highest BCUT2D eigenvalue weighted by molar-refractivity contribution is 7.97. The summed E-state index contributed by atoms with van der Waals surface area (Å²) in [5, 5.41) is 1.77. The topological polar surface area (TPSA) is 14.0 Å². The van der Waals surface area contributed by atoms with Gasteiger partial charge >= 0.3 is 7.41 Å². The second-order valence-corrected chi connectivity index (χ2v) is 2.43. The van der Waals surface area contributed by atoms with E-state index in [1.54, 1.807) is 7.41 Å². The Hall–Kier alpha value is 0.175. The average Bonchev–Trinajstić information content (AvgIpc) is 1.77. The molecular weight excluding hydrogens is 137 g/mol. The van der Waals surface area contributed by atoms with Gasteiger partial charge in [-0.2, -0.15) is 12.6 Å². The molecule has 1 nitrogen and oxygen atoms in total. The molecule has 1 heterocycles. The fourth-order valence-electron chi connectivity index (χ4n) is 0.408. The van der Waals surface area contributed by atoms with E-state index in [1.165, 1.54) is 0 Å². The van der Waals surface area contributed by atoms with Crippen LogP contribution in [0.2, 0.25) is 0 Å². The van der Waals surface area contributed by atoms with Gasteiger partial charge in [0.05, 0.1) is 5.15 Å². The van der Waals surface area contributed by atoms with Gasteiger partial charge < -0.3 is 4.90 Å². The van der Waals surface area contributed by atoms with Gasteiger partial charge in [0, 0.05) is 6.08 Å². The van der Waals surface area contributed by atoms with E-state index in [0.717, 1.165) is 10.2 Å². The van der Waals surface area contributed by atoms with E-state index >= 15 is 0 Å². The molecule has 0 saturated carbocycles. The van der Waals surface area contributed by atoms with Crippen molar-refractivity contribution in [2.24, 2.45) is 0 Å². The van der Waals surface area contributed by atoms with E-state index < -0.39 is 0 Å². The third-order valence-corrected chi connectivity index (χ3v) is 1.34. The first kappa shape index (κ1) is 6.30. The molecule has 0 atom stereocenters. The predicted molar refractivity (Wildman–Crippen MR) is 42.1 cm³/mol. The normalized spacial score (nSPS) is 20.0. The third-order valence-electron chi connectivity index (χ3n) is 0.780. The summed E-state index contributed by atoms with van der Waals surface area (Å²) in [6.45, 7) is 0. The Morgan fingerprint density at radius 3 is 2.50 bits per heavy atom. The molecule has 1 rings (SSSR count). The van der Waals surface area contributed by atoms with Crippen molar-refractivity contribution in [1.29, 1.82) is 0 Å². The summed E-state index contributed by atoms with van der Waals surface area (Å²) in [7, 11) is 1.78. The molecule has 0 unspecified atom stereocenters. The van der Waals surface area contributed by atoms with Crippen molar-refractivity contribution in [2.45, 2.75) is 0 Å². The fraction of sp³-hybridized carbons (Fsp3) is 0. The number of hydrogen-bond donors (Lipinski definition) is 3. The SMILES string of the molecule is S[C]1[B][NH+]=C(S)C=C1. The minimum absolute atomic E-state index is 0.850. The highest BCUT2D eigenvalue weighted by Gasteiger charge is 2.14. The Morgan fingerprint density at radius 2 is 2.12 bits per heavy atom. The van der Waals surface area contributed by atoms with Gasteiger partial charge in [0.25, 0.3) is 0 Å². The summed E-state index contributed by atoms with van der Waals surface area (Å²) in [4.78, 5) is 2.89. The largest absolute Gasteiger partial charge is 0.556 e. The van der Waals surface area contributed by atoms with Gasteiger partial charge in [0.1, 0.15) is 0 Å². The van der Waals surface area contributed by atoms with Crippen molar-refractivity contribution in [3.63, 3.8) is 0 Å². The van der Waals surface area contributed by atoms with E-state index in [0.29, 0.717) is 0 Å². The van der Waals surface area contributed by atoms with E-state index in [2.05, 4.69) is 30.2 Å². The molecule has 0 spiro atoms. The van der Waals surface area contributed by atoms with Gasteiger partial charge in [-0.15, -0.1) is 0 Å². The van der Waals surface area contributed by atoms with Gasteiger partial charge in [0.15, 0.2) is 0 Å². The first-order valence-electron chi connectivity index (χ1n) is 2.19. The quantitative estimate of drug-likeness (QED) is 0.284. The van der Waals surface area contributed by atoms with Gasteiger partial charge in [-0.3, -0.25) is 0 Å². The molecule has 0 bridgehead atoms. The highest BCUT2D eigenvalue weighted by Crippen LogP contribution is 2.03. The maximum absolute atomic E-state index is 4.07. The van der Waals surface area contributed by atoms with Crippen LogP contribution in [0.1, 0.15) is 0 Å². The van der Waals surface area contributed by atoms with E-state index in [-0.39, 0.29) is 0 Å². The van der Waals surface area contributed by atoms with Crippen molar-refractivity contribution >= 4 is 37.7 Å². The molecule has 1 aliphatic heterocycles. The average molecular weight is 142 g/mol. The van der Waals surface area contributed by atoms with Crippen LogP contribution >= 0.6 is 25.3 Å². The monoisotopic (exact) mass is 142 g/mol. The van der Waals surface area contributed by atoms with Crippen LogP contribution in [0.25, 0.3) is 0 Å². The van der Waals surface area contributed by atoms with Crippen LogP contribution < -0.4 is 4.90 Å². The summed E-state index contributed by atoms with van der Waals surface area (Å²) in [6, 6.07) is 0. The first-order valence-corrected chi connectivity index (χ1v) is 3.08. The standard InChI is InChI=1S/C4H5BNS2/c7-3-1-2-4(8)6-5-3/h1-2,6-8H/q+1. The Balaban J connectivity index is 2.58. The minimum Gasteiger partial charge on any atom is -0.321 e. The van der Waals surface area contributed by atoms with Crippen LogP contribution in [0.4, 0.5) is 0 Å². The predicted octanol–water partition coefficient (Wildman–Crippen LogP) is -0.996. The zero-order chi connectivity index (χ0) is 5.98. The van der Waals surface area contributed by atoms with Crippen molar-refractivity contribution in [3.8, 4) is 0 Å². The van der Waals surface area contributed by atoms with E-state index in [1.807, 2.05) is 12.2 Å². The summed E-state index contributed by atoms with van der Waals surface area (Å²) < 4.78 is 0. The van der Waals surface area contributed by atoms with Crippen LogP contribution in [-0.2, 0) is 0 Å². The number of thiol groups is 2. The van der Waals surface area contributed by atoms with Crippen LogP contribution in [-0.4, -0.2) is 12.5 Å². The van der Waals surface area contributed by atoms with Gasteiger partial charge in [-0.05, 0) is 0 Å². The maximum atomic E-state index is 4.07. The van der Waals surface area contributed by atoms with Gasteiger partial charge in [-0.25, -0.2) is 0 Å². The number of nitrogens with one attached hydrogen (secondary N) is 1. The Bertz CT molecular complexity index is 143. The lowest BCUT2D eigenvalue weighted by atomic mass is 9.88. The highest BCUT2D eigenvalue weighted by atomic mass is 32.1. The second-order valence-electron chi connectivity index (χ2n) is 1.43. The second kappa shape index (κ2) is 2.64. The summed E-state index contributed by atoms with van der Waals surface area (Å²) >= 11 is 8.11. The third kappa shape index (κ3) is 1.60. The van der Waals surface area contributed by atoms with Crippen LogP contribution in [0.5, 0.6) is 0 Å². The molecule has 8 heavy (non-hydrogen) atoms. The molecular formula is C4H5BNS2+. The molecule has 1 N–H and O–H groups in total. The lowest BCUT2D eigenvalue weighted by molar-refractivity contribution is -0.278. The molecule has 0 aromatic rings. The minimum atomic E-state index is 0.850. The Morgan fingerprint density at radius 1 is 1.38 bits per heavy atom. The van der Waals surface area contributed by atoms with Gasteiger partial charge in [-0.1, -0.05) is 18.7 Å². The van der Waals surface area contributed by atoms with Gasteiger partial charge in [0.2, 0.25) is 5.04 Å². The van der Waals surface area contributed by atoms with Crippen molar-refractivity contribution in [3.05, 3.63) is 17.3 Å². The Labute approximate surface area is 60.4 Å². The van der Waals surface area contributed by atoms with Crippen molar-refractivity contribution in [2.75, 3.05) is 0 Å². The Kier molecular flexibility index (Phi) is 2.08. The van der Waals surface area contributed by atoms with Crippen LogP contribution in [0, 0.1) is 5.15 Å². The summed E-state index contributed by atoms with van der Waals surface area (Å²) in [6.07, 6.45) is 3.73. The zero-order valence-electron chi connectivity index (χ0n) is 4.13. The zero-order valence-corrected chi connectivity index (χ0v) is 5.92. The first-order chi connectivity index (χ1) is 3.79. The lowest BCUT2D eigenvalue weighted by Crippen LogP contribution is -2.76. The fourth-order valence-corrected chi connectivity index (χ4v) is 0.687. The van der Waals surface area contributed by atoms with Crippen LogP contribution in [0.15, 0.2) is 12.2 Å². The molecule has 2 radical (unpaired) electrons. The molecule has 0 amide bonds. The van der Waals surface area contributed by atoms with Crippen molar-refractivity contribution in [1.82, 2.24) is 0 Å². The van der Waals surface area contributed by atoms with E-state index in [4.69, 9.17) is 0 Å². The molecule has 0 aliphatic carbocycles. The molecule has 0 aromatic heterocycles. The summed E-state index contributed by atoms with van der Waals surface area (Å²) in [5.41, 5.74) is 0.